The van der Waals surface area contributed by atoms with Crippen LogP contribution in [0.5, 0.6) is 0 Å². The molecule has 0 saturated carbocycles. The van der Waals surface area contributed by atoms with Gasteiger partial charge in [-0.3, -0.25) is 4.79 Å². The smallest absolute Gasteiger partial charge is 0.259 e. The zero-order chi connectivity index (χ0) is 20.8. The lowest BCUT2D eigenvalue weighted by Gasteiger charge is -2.44. The Hall–Kier alpha value is -3.03. The molecule has 0 aliphatic carbocycles. The van der Waals surface area contributed by atoms with Crippen molar-refractivity contribution in [1.29, 1.82) is 0 Å². The molecule has 31 heavy (non-hydrogen) atoms. The number of likely N-dealkylation sites (tertiary alicyclic amines) is 1. The molecule has 1 amide bonds. The molecule has 1 saturated heterocycles. The second kappa shape index (κ2) is 7.28. The van der Waals surface area contributed by atoms with Crippen molar-refractivity contribution in [2.24, 2.45) is 0 Å². The Morgan fingerprint density at radius 1 is 1.13 bits per heavy atom. The van der Waals surface area contributed by atoms with Crippen LogP contribution < -0.4 is 0 Å². The second-order valence-corrected chi connectivity index (χ2v) is 9.28. The lowest BCUT2D eigenvalue weighted by Crippen LogP contribution is -2.48. The highest BCUT2D eigenvalue weighted by Gasteiger charge is 2.43. The Morgan fingerprint density at radius 2 is 1.97 bits per heavy atom. The van der Waals surface area contributed by atoms with Crippen molar-refractivity contribution in [3.05, 3.63) is 77.1 Å². The van der Waals surface area contributed by atoms with Crippen LogP contribution in [-0.2, 0) is 16.8 Å². The molecule has 6 nitrogen and oxygen atoms in total. The number of rotatable bonds is 2. The molecular formula is C24H22N4O2S. The van der Waals surface area contributed by atoms with E-state index in [0.717, 1.165) is 25.9 Å². The standard InChI is InChI=1S/C24H22N4O2S/c29-23(18-16-26-28-11-4-10-25-22(18)28)27-12-8-24(9-13-27)19-15-21(17-5-2-1-3-6-17)31-20(19)7-14-30-24/h1-6,10-11,15-16H,7-9,12-14H2. The van der Waals surface area contributed by atoms with Gasteiger partial charge >= 0.3 is 0 Å². The van der Waals surface area contributed by atoms with Crippen LogP contribution in [0, 0.1) is 0 Å². The second-order valence-electron chi connectivity index (χ2n) is 8.14. The Balaban J connectivity index is 1.25. The van der Waals surface area contributed by atoms with Crippen molar-refractivity contribution in [3.63, 3.8) is 0 Å². The maximum absolute atomic E-state index is 13.2. The number of carbonyl (C=O) groups excluding carboxylic acids is 1. The van der Waals surface area contributed by atoms with Crippen LogP contribution in [-0.4, -0.2) is 45.1 Å². The highest BCUT2D eigenvalue weighted by Crippen LogP contribution is 2.46. The van der Waals surface area contributed by atoms with Gasteiger partial charge in [0, 0.05) is 41.7 Å². The van der Waals surface area contributed by atoms with E-state index in [1.165, 1.54) is 20.9 Å². The minimum absolute atomic E-state index is 0.00474. The third-order valence-corrected chi connectivity index (χ3v) is 7.68. The normalized spacial score (nSPS) is 17.7. The van der Waals surface area contributed by atoms with E-state index in [1.807, 2.05) is 34.6 Å². The van der Waals surface area contributed by atoms with Crippen LogP contribution in [0.3, 0.4) is 0 Å². The highest BCUT2D eigenvalue weighted by molar-refractivity contribution is 7.15. The molecule has 156 valence electrons. The number of nitrogens with zero attached hydrogens (tertiary/aromatic N) is 4. The molecule has 1 spiro atoms. The molecule has 3 aromatic heterocycles. The van der Waals surface area contributed by atoms with Crippen LogP contribution in [0.2, 0.25) is 0 Å². The molecule has 6 rings (SSSR count). The summed E-state index contributed by atoms with van der Waals surface area (Å²) in [6.07, 6.45) is 7.70. The number of aromatic nitrogens is 3. The predicted octanol–water partition coefficient (Wildman–Crippen LogP) is 4.16. The quantitative estimate of drug-likeness (QED) is 0.479. The SMILES string of the molecule is O=C(c1cnn2cccnc12)N1CCC2(CC1)OCCc1sc(-c3ccccc3)cc12. The molecule has 1 aromatic carbocycles. The van der Waals surface area contributed by atoms with Crippen LogP contribution >= 0.6 is 11.3 Å². The summed E-state index contributed by atoms with van der Waals surface area (Å²) < 4.78 is 8.06. The fourth-order valence-electron chi connectivity index (χ4n) is 4.79. The minimum Gasteiger partial charge on any atom is -0.370 e. The van der Waals surface area contributed by atoms with Gasteiger partial charge in [-0.1, -0.05) is 30.3 Å². The van der Waals surface area contributed by atoms with Crippen molar-refractivity contribution in [3.8, 4) is 10.4 Å². The number of carbonyl (C=O) groups is 1. The molecule has 0 N–H and O–H groups in total. The fourth-order valence-corrected chi connectivity index (χ4v) is 6.03. The first-order valence-corrected chi connectivity index (χ1v) is 11.5. The zero-order valence-electron chi connectivity index (χ0n) is 17.0. The molecule has 0 unspecified atom stereocenters. The van der Waals surface area contributed by atoms with Gasteiger partial charge in [-0.15, -0.1) is 11.3 Å². The largest absolute Gasteiger partial charge is 0.370 e. The van der Waals surface area contributed by atoms with Gasteiger partial charge in [-0.05, 0) is 36.1 Å². The lowest BCUT2D eigenvalue weighted by molar-refractivity contribution is -0.0926. The molecule has 5 heterocycles. The zero-order valence-corrected chi connectivity index (χ0v) is 17.8. The van der Waals surface area contributed by atoms with Gasteiger partial charge in [0.2, 0.25) is 0 Å². The molecule has 1 fully saturated rings. The molecule has 2 aliphatic rings. The summed E-state index contributed by atoms with van der Waals surface area (Å²) in [5, 5.41) is 4.26. The summed E-state index contributed by atoms with van der Waals surface area (Å²) in [7, 11) is 0. The number of hydrogen-bond acceptors (Lipinski definition) is 5. The Kier molecular flexibility index (Phi) is 4.40. The fraction of sp³-hybridized carbons (Fsp3) is 0.292. The van der Waals surface area contributed by atoms with Gasteiger partial charge in [0.1, 0.15) is 5.56 Å². The third-order valence-electron chi connectivity index (χ3n) is 6.43. The molecule has 4 aromatic rings. The van der Waals surface area contributed by atoms with E-state index < -0.39 is 0 Å². The van der Waals surface area contributed by atoms with E-state index in [2.05, 4.69) is 40.4 Å². The van der Waals surface area contributed by atoms with Gasteiger partial charge in [-0.2, -0.15) is 5.10 Å². The first-order chi connectivity index (χ1) is 15.2. The Morgan fingerprint density at radius 3 is 2.81 bits per heavy atom. The summed E-state index contributed by atoms with van der Waals surface area (Å²) >= 11 is 1.88. The molecule has 2 aliphatic heterocycles. The van der Waals surface area contributed by atoms with Crippen LogP contribution in [0.4, 0.5) is 0 Å². The van der Waals surface area contributed by atoms with E-state index in [1.54, 1.807) is 16.9 Å². The summed E-state index contributed by atoms with van der Waals surface area (Å²) in [5.74, 6) is -0.00474. The van der Waals surface area contributed by atoms with E-state index >= 15 is 0 Å². The third kappa shape index (κ3) is 3.07. The van der Waals surface area contributed by atoms with Gasteiger partial charge in [0.25, 0.3) is 5.91 Å². The van der Waals surface area contributed by atoms with Gasteiger partial charge < -0.3 is 9.64 Å². The van der Waals surface area contributed by atoms with Gasteiger partial charge in [-0.25, -0.2) is 9.50 Å². The monoisotopic (exact) mass is 430 g/mol. The van der Waals surface area contributed by atoms with Crippen LogP contribution in [0.15, 0.2) is 61.1 Å². The summed E-state index contributed by atoms with van der Waals surface area (Å²) in [6.45, 7) is 2.07. The van der Waals surface area contributed by atoms with Crippen molar-refractivity contribution in [1.82, 2.24) is 19.5 Å². The number of hydrogen-bond donors (Lipinski definition) is 0. The van der Waals surface area contributed by atoms with Crippen LogP contribution in [0.25, 0.3) is 16.1 Å². The van der Waals surface area contributed by atoms with Crippen molar-refractivity contribution >= 4 is 22.9 Å². The maximum Gasteiger partial charge on any atom is 0.259 e. The lowest BCUT2D eigenvalue weighted by atomic mass is 9.82. The molecule has 0 radical (unpaired) electrons. The summed E-state index contributed by atoms with van der Waals surface area (Å²) in [5.41, 5.74) is 3.46. The Bertz CT molecular complexity index is 1260. The van der Waals surface area contributed by atoms with E-state index in [-0.39, 0.29) is 11.5 Å². The molecule has 0 bridgehead atoms. The predicted molar refractivity (Wildman–Crippen MR) is 119 cm³/mol. The first kappa shape index (κ1) is 18.7. The van der Waals surface area contributed by atoms with Crippen molar-refractivity contribution < 1.29 is 9.53 Å². The van der Waals surface area contributed by atoms with Gasteiger partial charge in [0.05, 0.1) is 18.4 Å². The van der Waals surface area contributed by atoms with Crippen molar-refractivity contribution in [2.45, 2.75) is 24.9 Å². The maximum atomic E-state index is 13.2. The molecule has 0 atom stereocenters. The Labute approximate surface area is 184 Å². The number of fused-ring (bicyclic) bond motifs is 3. The van der Waals surface area contributed by atoms with Crippen molar-refractivity contribution in [2.75, 3.05) is 19.7 Å². The molecular weight excluding hydrogens is 408 g/mol. The average molecular weight is 431 g/mol. The number of piperidine rings is 1. The number of ether oxygens (including phenoxy) is 1. The summed E-state index contributed by atoms with van der Waals surface area (Å²) in [6, 6.07) is 14.7. The van der Waals surface area contributed by atoms with Gasteiger partial charge in [0.15, 0.2) is 5.65 Å². The topological polar surface area (TPSA) is 59.7 Å². The number of benzene rings is 1. The van der Waals surface area contributed by atoms with E-state index in [4.69, 9.17) is 4.74 Å². The number of thiophene rings is 1. The number of amides is 1. The minimum atomic E-state index is -0.284. The summed E-state index contributed by atoms with van der Waals surface area (Å²) in [4.78, 5) is 22.1. The van der Waals surface area contributed by atoms with E-state index in [0.29, 0.717) is 24.3 Å². The first-order valence-electron chi connectivity index (χ1n) is 10.6. The average Bonchev–Trinajstić information content (AvgIpc) is 3.45. The highest BCUT2D eigenvalue weighted by atomic mass is 32.1. The van der Waals surface area contributed by atoms with Crippen LogP contribution in [0.1, 0.15) is 33.6 Å². The van der Waals surface area contributed by atoms with E-state index in [9.17, 15) is 4.79 Å². The molecule has 7 heteroatoms.